The lowest BCUT2D eigenvalue weighted by atomic mass is 9.58. The molecule has 2 nitrogen and oxygen atoms in total. The summed E-state index contributed by atoms with van der Waals surface area (Å²) in [6, 6.07) is 0. The van der Waals surface area contributed by atoms with Crippen LogP contribution in [0, 0.1) is 47.3 Å². The first-order valence-electron chi connectivity index (χ1n) is 17.3. The summed E-state index contributed by atoms with van der Waals surface area (Å²) in [6.07, 6.45) is 35.4. The van der Waals surface area contributed by atoms with Crippen molar-refractivity contribution in [3.63, 3.8) is 0 Å². The molecule has 0 aromatic carbocycles. The summed E-state index contributed by atoms with van der Waals surface area (Å²) in [4.78, 5) is 0. The molecule has 2 heteroatoms. The lowest BCUT2D eigenvalue weighted by Crippen LogP contribution is -2.40. The third-order valence-electron chi connectivity index (χ3n) is 11.5. The van der Waals surface area contributed by atoms with Crippen LogP contribution in [0.25, 0.3) is 0 Å². The van der Waals surface area contributed by atoms with Crippen molar-refractivity contribution in [2.45, 2.75) is 168 Å². The molecule has 0 spiro atoms. The largest absolute Gasteiger partial charge is 0.412 e. The predicted molar refractivity (Wildman–Crippen MR) is 162 cm³/mol. The van der Waals surface area contributed by atoms with Crippen molar-refractivity contribution >= 4 is 0 Å². The predicted octanol–water partition coefficient (Wildman–Crippen LogP) is 10.2. The Kier molecular flexibility index (Phi) is 17.1. The summed E-state index contributed by atoms with van der Waals surface area (Å²) >= 11 is 0. The molecule has 0 saturated heterocycles. The average molecular weight is 521 g/mol. The van der Waals surface area contributed by atoms with Gasteiger partial charge in [0.15, 0.2) is 0 Å². The molecule has 0 radical (unpaired) electrons. The zero-order valence-electron chi connectivity index (χ0n) is 25.5. The van der Waals surface area contributed by atoms with Crippen LogP contribution in [0.2, 0.25) is 0 Å². The van der Waals surface area contributed by atoms with Gasteiger partial charge in [-0.2, -0.15) is 0 Å². The summed E-state index contributed by atoms with van der Waals surface area (Å²) in [5.41, 5.74) is 0. The van der Waals surface area contributed by atoms with Gasteiger partial charge in [-0.25, -0.2) is 0 Å². The monoisotopic (exact) mass is 521 g/mol. The van der Waals surface area contributed by atoms with Crippen LogP contribution in [-0.2, 0) is 0 Å². The number of hydrogen-bond acceptors (Lipinski definition) is 1. The molecule has 0 bridgehead atoms. The lowest BCUT2D eigenvalue weighted by Gasteiger charge is -2.48. The van der Waals surface area contributed by atoms with Crippen molar-refractivity contribution in [1.82, 2.24) is 0 Å². The maximum absolute atomic E-state index is 7.57. The molecule has 0 heterocycles. The van der Waals surface area contributed by atoms with E-state index in [4.69, 9.17) is 5.11 Å². The molecule has 0 aromatic rings. The van der Waals surface area contributed by atoms with E-state index in [0.717, 1.165) is 47.3 Å². The molecule has 4 saturated carbocycles. The van der Waals surface area contributed by atoms with Crippen molar-refractivity contribution in [3.05, 3.63) is 0 Å². The van der Waals surface area contributed by atoms with Crippen LogP contribution in [0.1, 0.15) is 168 Å². The maximum atomic E-state index is 7.57. The Balaban J connectivity index is 0.00000115. The highest BCUT2D eigenvalue weighted by Gasteiger charge is 2.42. The standard InChI is InChI=1S/C33H60.C2H6O.H2O/c1-3-31(28-19-13-7-14-20-28)33(30-23-11-4-5-12-24-30)26(2)32(29-21-15-8-16-22-29)25-27-17-9-6-10-18-27;1-2-3;/h26-33H,3-25H2,1-2H3;3H,2H2,1H3;1H2/t26?,31?,32-,33?;;/m0../s1. The van der Waals surface area contributed by atoms with Crippen molar-refractivity contribution in [2.24, 2.45) is 47.3 Å². The second-order valence-electron chi connectivity index (χ2n) is 13.8. The van der Waals surface area contributed by atoms with E-state index in [2.05, 4.69) is 13.8 Å². The molecule has 0 aliphatic heterocycles. The van der Waals surface area contributed by atoms with Crippen molar-refractivity contribution in [1.29, 1.82) is 0 Å². The highest BCUT2D eigenvalue weighted by molar-refractivity contribution is 4.92. The van der Waals surface area contributed by atoms with Crippen LogP contribution < -0.4 is 0 Å². The van der Waals surface area contributed by atoms with Crippen LogP contribution in [0.4, 0.5) is 0 Å². The topological polar surface area (TPSA) is 51.7 Å². The summed E-state index contributed by atoms with van der Waals surface area (Å²) < 4.78 is 0. The number of aliphatic hydroxyl groups is 1. The molecule has 4 atom stereocenters. The Morgan fingerprint density at radius 3 is 1.32 bits per heavy atom. The van der Waals surface area contributed by atoms with Gasteiger partial charge in [0.25, 0.3) is 0 Å². The van der Waals surface area contributed by atoms with Crippen LogP contribution in [0.15, 0.2) is 0 Å². The molecule has 4 fully saturated rings. The van der Waals surface area contributed by atoms with Gasteiger partial charge in [0.2, 0.25) is 0 Å². The Bertz CT molecular complexity index is 521. The third kappa shape index (κ3) is 10.4. The summed E-state index contributed by atoms with van der Waals surface area (Å²) in [7, 11) is 0. The summed E-state index contributed by atoms with van der Waals surface area (Å²) in [5.74, 6) is 8.32. The summed E-state index contributed by atoms with van der Waals surface area (Å²) in [5, 5.41) is 7.57. The Morgan fingerprint density at radius 1 is 0.541 bits per heavy atom. The van der Waals surface area contributed by atoms with Crippen LogP contribution in [-0.4, -0.2) is 17.2 Å². The van der Waals surface area contributed by atoms with E-state index in [1.807, 2.05) is 0 Å². The minimum atomic E-state index is 0. The molecule has 0 amide bonds. The first kappa shape index (κ1) is 33.1. The van der Waals surface area contributed by atoms with Gasteiger partial charge in [-0.1, -0.05) is 155 Å². The molecule has 4 aliphatic rings. The van der Waals surface area contributed by atoms with E-state index in [1.54, 1.807) is 64.7 Å². The maximum Gasteiger partial charge on any atom is 0.0402 e. The molecule has 4 rings (SSSR count). The second-order valence-corrected chi connectivity index (χ2v) is 13.8. The first-order valence-corrected chi connectivity index (χ1v) is 17.3. The molecule has 3 unspecified atom stereocenters. The average Bonchev–Trinajstić information content (AvgIpc) is 3.21. The minimum Gasteiger partial charge on any atom is -0.412 e. The smallest absolute Gasteiger partial charge is 0.0402 e. The first-order chi connectivity index (χ1) is 17.7. The summed E-state index contributed by atoms with van der Waals surface area (Å²) in [6.45, 7) is 7.34. The van der Waals surface area contributed by atoms with Crippen LogP contribution in [0.3, 0.4) is 0 Å². The fraction of sp³-hybridized carbons (Fsp3) is 1.00. The number of rotatable bonds is 9. The van der Waals surface area contributed by atoms with Crippen molar-refractivity contribution in [2.75, 3.05) is 6.61 Å². The molecule has 220 valence electrons. The van der Waals surface area contributed by atoms with Crippen molar-refractivity contribution in [3.8, 4) is 0 Å². The Labute approximate surface area is 232 Å². The van der Waals surface area contributed by atoms with Gasteiger partial charge in [0, 0.05) is 6.61 Å². The molecular formula is C35H68O2. The quantitative estimate of drug-likeness (QED) is 0.302. The van der Waals surface area contributed by atoms with E-state index in [0.29, 0.717) is 0 Å². The Morgan fingerprint density at radius 2 is 0.892 bits per heavy atom. The molecule has 0 aromatic heterocycles. The van der Waals surface area contributed by atoms with Gasteiger partial charge < -0.3 is 10.6 Å². The highest BCUT2D eigenvalue weighted by atomic mass is 16.2. The number of aliphatic hydroxyl groups excluding tert-OH is 1. The fourth-order valence-corrected chi connectivity index (χ4v) is 9.84. The van der Waals surface area contributed by atoms with E-state index in [1.165, 1.54) is 89.9 Å². The van der Waals surface area contributed by atoms with Crippen LogP contribution in [0.5, 0.6) is 0 Å². The van der Waals surface area contributed by atoms with Crippen molar-refractivity contribution < 1.29 is 10.6 Å². The van der Waals surface area contributed by atoms with Gasteiger partial charge in [-0.3, -0.25) is 0 Å². The Hall–Kier alpha value is -0.0800. The zero-order chi connectivity index (χ0) is 25.6. The zero-order valence-corrected chi connectivity index (χ0v) is 25.5. The molecule has 4 aliphatic carbocycles. The second kappa shape index (κ2) is 19.1. The van der Waals surface area contributed by atoms with Gasteiger partial charge in [0.05, 0.1) is 0 Å². The van der Waals surface area contributed by atoms with E-state index in [-0.39, 0.29) is 12.1 Å². The van der Waals surface area contributed by atoms with Gasteiger partial charge in [-0.05, 0) is 60.7 Å². The minimum absolute atomic E-state index is 0. The van der Waals surface area contributed by atoms with Gasteiger partial charge in [-0.15, -0.1) is 0 Å². The highest BCUT2D eigenvalue weighted by Crippen LogP contribution is 2.51. The van der Waals surface area contributed by atoms with E-state index >= 15 is 0 Å². The van der Waals surface area contributed by atoms with Gasteiger partial charge >= 0.3 is 0 Å². The van der Waals surface area contributed by atoms with E-state index < -0.39 is 0 Å². The fourth-order valence-electron chi connectivity index (χ4n) is 9.84. The molecule has 37 heavy (non-hydrogen) atoms. The van der Waals surface area contributed by atoms with Gasteiger partial charge in [0.1, 0.15) is 0 Å². The third-order valence-corrected chi connectivity index (χ3v) is 11.5. The molecular weight excluding hydrogens is 452 g/mol. The SMILES string of the molecule is CCC(C1CCCCC1)C(C1CCCCCC1)C(C)[C@H](CC1CCCCC1)C1CCCCC1.CCO.O. The normalized spacial score (nSPS) is 26.6. The van der Waals surface area contributed by atoms with E-state index in [9.17, 15) is 0 Å². The van der Waals surface area contributed by atoms with Crippen LogP contribution >= 0.6 is 0 Å². The number of hydrogen-bond donors (Lipinski definition) is 1. The lowest BCUT2D eigenvalue weighted by molar-refractivity contribution is 0.0158. The molecule has 3 N–H and O–H groups in total.